The largest absolute Gasteiger partial charge is 0.391 e. The molecule has 4 heteroatoms. The summed E-state index contributed by atoms with van der Waals surface area (Å²) in [4.78, 5) is 11.6. The van der Waals surface area contributed by atoms with Crippen molar-refractivity contribution in [3.05, 3.63) is 62.5 Å². The third kappa shape index (κ3) is 2.19. The predicted molar refractivity (Wildman–Crippen MR) is 72.4 cm³/mol. The molecule has 0 saturated heterocycles. The van der Waals surface area contributed by atoms with Crippen molar-refractivity contribution in [2.75, 3.05) is 0 Å². The summed E-state index contributed by atoms with van der Waals surface area (Å²) < 4.78 is 1.87. The van der Waals surface area contributed by atoms with Gasteiger partial charge in [-0.25, -0.2) is 0 Å². The van der Waals surface area contributed by atoms with Gasteiger partial charge < -0.3 is 9.67 Å². The number of aromatic nitrogens is 1. The normalized spacial score (nSPS) is 10.7. The van der Waals surface area contributed by atoms with Crippen LogP contribution in [-0.4, -0.2) is 9.67 Å². The van der Waals surface area contributed by atoms with Gasteiger partial charge in [0.05, 0.1) is 6.61 Å². The van der Waals surface area contributed by atoms with Crippen molar-refractivity contribution in [2.45, 2.75) is 20.5 Å². The maximum absolute atomic E-state index is 11.6. The van der Waals surface area contributed by atoms with Crippen LogP contribution in [0.1, 0.15) is 16.8 Å². The van der Waals surface area contributed by atoms with Crippen LogP contribution in [0, 0.1) is 13.8 Å². The van der Waals surface area contributed by atoms with Crippen molar-refractivity contribution in [1.82, 2.24) is 4.57 Å². The van der Waals surface area contributed by atoms with Gasteiger partial charge in [-0.05, 0) is 31.5 Å². The minimum atomic E-state index is -0.265. The molecule has 1 aromatic carbocycles. The molecule has 0 aliphatic carbocycles. The Kier molecular flexibility index (Phi) is 3.55. The lowest BCUT2D eigenvalue weighted by Crippen LogP contribution is -2.14. The maximum Gasteiger partial charge on any atom is 0.187 e. The molecule has 0 aliphatic heterocycles. The molecule has 0 radical (unpaired) electrons. The molecule has 0 saturated carbocycles. The van der Waals surface area contributed by atoms with E-state index in [1.165, 1.54) is 6.07 Å². The lowest BCUT2D eigenvalue weighted by molar-refractivity contribution is 0.280. The number of benzene rings is 1. The number of aliphatic hydroxyl groups excluding tert-OH is 1. The predicted octanol–water partition coefficient (Wildman–Crippen LogP) is 2.60. The lowest BCUT2D eigenvalue weighted by Gasteiger charge is -2.15. The summed E-state index contributed by atoms with van der Waals surface area (Å²) in [5.74, 6) is 0. The van der Waals surface area contributed by atoms with E-state index in [4.69, 9.17) is 16.7 Å². The van der Waals surface area contributed by atoms with Gasteiger partial charge in [-0.3, -0.25) is 4.79 Å². The number of hydrogen-bond donors (Lipinski definition) is 1. The SMILES string of the molecule is Cc1c(Cl)cccc1-n1cc(CO)c(=O)cc1C. The molecule has 94 valence electrons. The molecule has 2 rings (SSSR count). The first kappa shape index (κ1) is 12.9. The van der Waals surface area contributed by atoms with Crippen molar-refractivity contribution in [3.63, 3.8) is 0 Å². The fourth-order valence-electron chi connectivity index (χ4n) is 1.91. The van der Waals surface area contributed by atoms with Crippen LogP contribution in [0.3, 0.4) is 0 Å². The first-order chi connectivity index (χ1) is 8.54. The van der Waals surface area contributed by atoms with E-state index in [9.17, 15) is 4.79 Å². The first-order valence-corrected chi connectivity index (χ1v) is 6.01. The van der Waals surface area contributed by atoms with E-state index < -0.39 is 0 Å². The monoisotopic (exact) mass is 263 g/mol. The highest BCUT2D eigenvalue weighted by Gasteiger charge is 2.08. The van der Waals surface area contributed by atoms with Crippen LogP contribution in [0.5, 0.6) is 0 Å². The second-order valence-corrected chi connectivity index (χ2v) is 4.62. The molecule has 1 heterocycles. The van der Waals surface area contributed by atoms with Crippen LogP contribution in [0.25, 0.3) is 5.69 Å². The number of rotatable bonds is 2. The van der Waals surface area contributed by atoms with Gasteiger partial charge in [-0.2, -0.15) is 0 Å². The number of pyridine rings is 1. The van der Waals surface area contributed by atoms with Gasteiger partial charge in [0.2, 0.25) is 0 Å². The molecular formula is C14H14ClNO2. The van der Waals surface area contributed by atoms with E-state index >= 15 is 0 Å². The molecule has 3 nitrogen and oxygen atoms in total. The molecule has 1 N–H and O–H groups in total. The van der Waals surface area contributed by atoms with Gasteiger partial charge in [0.1, 0.15) is 0 Å². The zero-order valence-corrected chi connectivity index (χ0v) is 11.0. The van der Waals surface area contributed by atoms with Crippen LogP contribution in [0.15, 0.2) is 35.3 Å². The lowest BCUT2D eigenvalue weighted by atomic mass is 10.1. The molecule has 0 unspecified atom stereocenters. The van der Waals surface area contributed by atoms with E-state index in [1.807, 2.05) is 36.6 Å². The van der Waals surface area contributed by atoms with Crippen LogP contribution < -0.4 is 5.43 Å². The maximum atomic E-state index is 11.6. The molecule has 0 spiro atoms. The van der Waals surface area contributed by atoms with E-state index in [2.05, 4.69) is 0 Å². The van der Waals surface area contributed by atoms with Gasteiger partial charge in [0.25, 0.3) is 0 Å². The summed E-state index contributed by atoms with van der Waals surface area (Å²) in [6, 6.07) is 7.14. The Morgan fingerprint density at radius 3 is 2.72 bits per heavy atom. The molecule has 18 heavy (non-hydrogen) atoms. The Hall–Kier alpha value is -1.58. The fourth-order valence-corrected chi connectivity index (χ4v) is 2.08. The highest BCUT2D eigenvalue weighted by atomic mass is 35.5. The molecule has 0 atom stereocenters. The molecule has 1 aromatic heterocycles. The summed E-state index contributed by atoms with van der Waals surface area (Å²) >= 11 is 6.10. The number of hydrogen-bond acceptors (Lipinski definition) is 2. The number of nitrogens with zero attached hydrogens (tertiary/aromatic N) is 1. The number of aryl methyl sites for hydroxylation is 1. The minimum absolute atomic E-state index is 0.147. The molecule has 0 aliphatic rings. The summed E-state index contributed by atoms with van der Waals surface area (Å²) in [5, 5.41) is 9.84. The van der Waals surface area contributed by atoms with Crippen LogP contribution in [0.2, 0.25) is 5.02 Å². The zero-order valence-electron chi connectivity index (χ0n) is 10.3. The smallest absolute Gasteiger partial charge is 0.187 e. The Bertz CT molecular complexity index is 647. The Balaban J connectivity index is 2.71. The highest BCUT2D eigenvalue weighted by Crippen LogP contribution is 2.23. The standard InChI is InChI=1S/C14H14ClNO2/c1-9-6-14(18)11(8-17)7-16(9)13-5-3-4-12(15)10(13)2/h3-7,17H,8H2,1-2H3. The van der Waals surface area contributed by atoms with Gasteiger partial charge in [-0.15, -0.1) is 0 Å². The van der Waals surface area contributed by atoms with E-state index in [1.54, 1.807) is 6.20 Å². The average molecular weight is 264 g/mol. The number of aliphatic hydroxyl groups is 1. The molecular weight excluding hydrogens is 250 g/mol. The third-order valence-electron chi connectivity index (χ3n) is 2.99. The molecule has 2 aromatic rings. The van der Waals surface area contributed by atoms with Crippen LogP contribution in [0.4, 0.5) is 0 Å². The topological polar surface area (TPSA) is 42.2 Å². The summed E-state index contributed by atoms with van der Waals surface area (Å²) in [7, 11) is 0. The number of halogens is 1. The minimum Gasteiger partial charge on any atom is -0.391 e. The summed E-state index contributed by atoms with van der Waals surface area (Å²) in [5.41, 5.74) is 2.89. The van der Waals surface area contributed by atoms with Crippen molar-refractivity contribution in [2.24, 2.45) is 0 Å². The van der Waals surface area contributed by atoms with E-state index in [0.29, 0.717) is 10.6 Å². The zero-order chi connectivity index (χ0) is 13.3. The van der Waals surface area contributed by atoms with Gasteiger partial charge in [0, 0.05) is 34.2 Å². The van der Waals surface area contributed by atoms with Gasteiger partial charge in [0.15, 0.2) is 5.43 Å². The Morgan fingerprint density at radius 1 is 1.33 bits per heavy atom. The van der Waals surface area contributed by atoms with Crippen molar-refractivity contribution in [3.8, 4) is 5.69 Å². The van der Waals surface area contributed by atoms with Crippen molar-refractivity contribution < 1.29 is 5.11 Å². The molecule has 0 amide bonds. The second-order valence-electron chi connectivity index (χ2n) is 4.22. The van der Waals surface area contributed by atoms with Gasteiger partial charge in [-0.1, -0.05) is 17.7 Å². The average Bonchev–Trinajstić information content (AvgIpc) is 2.34. The third-order valence-corrected chi connectivity index (χ3v) is 3.40. The first-order valence-electron chi connectivity index (χ1n) is 5.63. The second kappa shape index (κ2) is 4.96. The highest BCUT2D eigenvalue weighted by molar-refractivity contribution is 6.31. The van der Waals surface area contributed by atoms with Gasteiger partial charge >= 0.3 is 0 Å². The summed E-state index contributed by atoms with van der Waals surface area (Å²) in [6.07, 6.45) is 1.66. The van der Waals surface area contributed by atoms with Crippen molar-refractivity contribution >= 4 is 11.6 Å². The molecule has 0 bridgehead atoms. The van der Waals surface area contributed by atoms with E-state index in [-0.39, 0.29) is 12.0 Å². The van der Waals surface area contributed by atoms with E-state index in [0.717, 1.165) is 16.9 Å². The fraction of sp³-hybridized carbons (Fsp3) is 0.214. The Morgan fingerprint density at radius 2 is 2.06 bits per heavy atom. The quantitative estimate of drug-likeness (QED) is 0.905. The van der Waals surface area contributed by atoms with Crippen LogP contribution >= 0.6 is 11.6 Å². The molecule has 0 fully saturated rings. The van der Waals surface area contributed by atoms with Crippen LogP contribution in [-0.2, 0) is 6.61 Å². The van der Waals surface area contributed by atoms with Crippen molar-refractivity contribution in [1.29, 1.82) is 0 Å². The summed E-state index contributed by atoms with van der Waals surface area (Å²) in [6.45, 7) is 3.51. The Labute approximate surface area is 110 Å².